The first-order valence-corrected chi connectivity index (χ1v) is 41.7. The van der Waals surface area contributed by atoms with E-state index in [0.29, 0.717) is 17.4 Å². The summed E-state index contributed by atoms with van der Waals surface area (Å²) in [7, 11) is -10.2. The fourth-order valence-corrected chi connectivity index (χ4v) is 12.9. The fraction of sp³-hybridized carbons (Fsp3) is 0.879. The van der Waals surface area contributed by atoms with Crippen LogP contribution in [0.5, 0.6) is 0 Å². The molecule has 23 heteroatoms. The van der Waals surface area contributed by atoms with E-state index in [1.54, 1.807) is 0 Å². The highest BCUT2D eigenvalue weighted by Crippen LogP contribution is 2.49. The predicted molar refractivity (Wildman–Crippen MR) is 353 cm³/mol. The van der Waals surface area contributed by atoms with Crippen molar-refractivity contribution in [1.29, 1.82) is 0 Å². The molecule has 2 N–H and O–H groups in total. The largest absolute Gasteiger partial charge is 0.756 e. The number of rotatable bonds is 52. The van der Waals surface area contributed by atoms with Crippen LogP contribution in [-0.2, 0) is 55.9 Å². The van der Waals surface area contributed by atoms with Crippen molar-refractivity contribution in [1.82, 2.24) is 14.9 Å². The van der Waals surface area contributed by atoms with E-state index in [2.05, 4.69) is 29.5 Å². The maximum atomic E-state index is 16.5. The van der Waals surface area contributed by atoms with Crippen LogP contribution in [0.3, 0.4) is 0 Å². The zero-order valence-electron chi connectivity index (χ0n) is 57.4. The summed E-state index contributed by atoms with van der Waals surface area (Å²) in [5.41, 5.74) is -1.12. The third-order valence-electron chi connectivity index (χ3n) is 17.7. The van der Waals surface area contributed by atoms with Crippen molar-refractivity contribution in [2.24, 2.45) is 0 Å². The van der Waals surface area contributed by atoms with Gasteiger partial charge in [0.25, 0.3) is 7.82 Å². The number of hydrogen-bond donors (Lipinski definition) is 2. The van der Waals surface area contributed by atoms with Crippen LogP contribution in [0.4, 0.5) is 14.6 Å². The molecule has 518 valence electrons. The molecule has 5 atom stereocenters. The van der Waals surface area contributed by atoms with E-state index in [1.165, 1.54) is 141 Å². The van der Waals surface area contributed by atoms with Crippen molar-refractivity contribution >= 4 is 54.0 Å². The van der Waals surface area contributed by atoms with Crippen LogP contribution >= 0.6 is 7.82 Å². The summed E-state index contributed by atoms with van der Waals surface area (Å²) in [6.45, 7) is 22.1. The van der Waals surface area contributed by atoms with Crippen LogP contribution in [-0.4, -0.2) is 107 Å². The second-order valence-electron chi connectivity index (χ2n) is 27.7. The monoisotopic (exact) mass is 1320 g/mol. The number of carbonyl (C=O) groups excluding carboxylic acids is 4. The number of nitrogens with zero attached hydrogens (tertiary/aromatic N) is 2. The van der Waals surface area contributed by atoms with Gasteiger partial charge in [0.1, 0.15) is 24.6 Å². The Morgan fingerprint density at radius 1 is 0.652 bits per heavy atom. The summed E-state index contributed by atoms with van der Waals surface area (Å²) in [6.07, 6.45) is 30.0. The average Bonchev–Trinajstić information content (AvgIpc) is 1.63. The first-order chi connectivity index (χ1) is 42.0. The number of aromatic nitrogens is 2. The molecular formula is C66H122F2N4O14PSi2-. The second kappa shape index (κ2) is 43.8. The lowest BCUT2D eigenvalue weighted by atomic mass is 10.0. The molecule has 18 nitrogen and oxygen atoms in total. The molecule has 1 fully saturated rings. The maximum Gasteiger partial charge on any atom is 0.351 e. The molecule has 0 saturated carbocycles. The molecule has 0 radical (unpaired) electrons. The van der Waals surface area contributed by atoms with E-state index >= 15 is 8.78 Å². The van der Waals surface area contributed by atoms with Gasteiger partial charge < -0.3 is 47.6 Å². The highest BCUT2D eigenvalue weighted by Gasteiger charge is 2.63. The molecular weight excluding hydrogens is 1200 g/mol. The lowest BCUT2D eigenvalue weighted by Gasteiger charge is -2.41. The molecule has 1 aromatic rings. The summed E-state index contributed by atoms with van der Waals surface area (Å²) in [4.78, 5) is 81.2. The predicted octanol–water partition coefficient (Wildman–Crippen LogP) is 16.5. The number of amides is 2. The molecule has 1 aliphatic rings. The summed E-state index contributed by atoms with van der Waals surface area (Å²) in [5, 5.41) is 4.23. The SMILES string of the molecule is CCCCCCCCCCCCCCCCCC(=O)OC[C@H](COP(=O)([O-])OCCNC(=O)CCC(=O)Nc1ccn([C@@H]2O[C@H](CO[Si](C)(C)C(C)(C)C)[C@H](O[Si](C)(C)C(C)(C)C)C2(F)F)c(=O)n1)OC(=O)CCCCCCCCCCCCCCCCC. The Morgan fingerprint density at radius 2 is 1.09 bits per heavy atom. The molecule has 1 aliphatic heterocycles. The maximum absolute atomic E-state index is 16.5. The number of esters is 2. The van der Waals surface area contributed by atoms with Crippen LogP contribution in [0.1, 0.15) is 280 Å². The van der Waals surface area contributed by atoms with E-state index < -0.39 is 109 Å². The number of alkyl halides is 2. The topological polar surface area (TPSA) is 232 Å². The van der Waals surface area contributed by atoms with E-state index in [0.717, 1.165) is 51.1 Å². The first-order valence-electron chi connectivity index (χ1n) is 34.4. The zero-order valence-corrected chi connectivity index (χ0v) is 60.2. The van der Waals surface area contributed by atoms with Crippen molar-refractivity contribution in [2.45, 2.75) is 340 Å². The third-order valence-corrected chi connectivity index (χ3v) is 27.6. The van der Waals surface area contributed by atoms with Crippen LogP contribution in [0.15, 0.2) is 17.1 Å². The van der Waals surface area contributed by atoms with Crippen molar-refractivity contribution < 1.29 is 69.5 Å². The highest BCUT2D eigenvalue weighted by atomic mass is 31.2. The Bertz CT molecular complexity index is 2250. The van der Waals surface area contributed by atoms with Crippen LogP contribution in [0.25, 0.3) is 0 Å². The minimum absolute atomic E-state index is 0.114. The number of carbonyl (C=O) groups is 4. The molecule has 0 spiro atoms. The second-order valence-corrected chi connectivity index (χ2v) is 38.7. The normalized spacial score (nSPS) is 17.3. The Morgan fingerprint density at radius 3 is 1.54 bits per heavy atom. The molecule has 0 aliphatic carbocycles. The van der Waals surface area contributed by atoms with Gasteiger partial charge in [-0.2, -0.15) is 13.8 Å². The molecule has 0 aromatic carbocycles. The van der Waals surface area contributed by atoms with Crippen LogP contribution < -0.4 is 21.2 Å². The smallest absolute Gasteiger partial charge is 0.351 e. The Labute approximate surface area is 537 Å². The van der Waals surface area contributed by atoms with Gasteiger partial charge >= 0.3 is 23.6 Å². The number of phosphoric acid groups is 1. The van der Waals surface area contributed by atoms with Crippen molar-refractivity contribution in [3.8, 4) is 0 Å². The lowest BCUT2D eigenvalue weighted by Crippen LogP contribution is -2.53. The number of ether oxygens (including phenoxy) is 3. The molecule has 1 unspecified atom stereocenters. The van der Waals surface area contributed by atoms with E-state index in [4.69, 9.17) is 32.1 Å². The standard InChI is InChI=1S/C66H123F2N4O14PSi2/c1-13-15-17-19-21-23-25-27-29-31-33-35-37-39-41-43-59(75)80-51-54(84-60(76)44-42-40-38-36-34-32-30-28-26-24-22-20-18-16-14-2)52-82-87(78,79)81-50-48-69-57(73)45-46-58(74)70-56-47-49-72(63(77)71-56)62-66(67,68)61(86-89(11,12)65(6,7)8)55(85-62)53-83-88(9,10)64(3,4)5/h47,49,54-55,61-62H,13-46,48,50-53H2,1-12H3,(H,69,73)(H,78,79)(H,70,71,74,77)/p-1/t54-,55-,61+,62-/m1/s1. The minimum Gasteiger partial charge on any atom is -0.756 e. The number of hydrogen-bond acceptors (Lipinski definition) is 15. The Kier molecular flexibility index (Phi) is 40.5. The molecule has 2 amide bonds. The number of halogens is 2. The minimum atomic E-state index is -5.02. The van der Waals surface area contributed by atoms with Gasteiger partial charge in [-0.15, -0.1) is 0 Å². The van der Waals surface area contributed by atoms with Gasteiger partial charge in [0.15, 0.2) is 22.7 Å². The van der Waals surface area contributed by atoms with Crippen LogP contribution in [0, 0.1) is 0 Å². The van der Waals surface area contributed by atoms with Gasteiger partial charge in [-0.3, -0.25) is 28.3 Å². The van der Waals surface area contributed by atoms with Crippen molar-refractivity contribution in [3.63, 3.8) is 0 Å². The summed E-state index contributed by atoms with van der Waals surface area (Å²) >= 11 is 0. The Balaban J connectivity index is 1.87. The summed E-state index contributed by atoms with van der Waals surface area (Å²) in [6, 6.07) is 1.17. The third kappa shape index (κ3) is 35.2. The van der Waals surface area contributed by atoms with Gasteiger partial charge in [-0.05, 0) is 55.2 Å². The van der Waals surface area contributed by atoms with Crippen molar-refractivity contribution in [3.05, 3.63) is 22.7 Å². The number of unbranched alkanes of at least 4 members (excludes halogenated alkanes) is 28. The molecule has 2 rings (SSSR count). The van der Waals surface area contributed by atoms with Gasteiger partial charge in [0, 0.05) is 38.4 Å². The highest BCUT2D eigenvalue weighted by molar-refractivity contribution is 7.45. The summed E-state index contributed by atoms with van der Waals surface area (Å²) in [5.74, 6) is -6.32. The average molecular weight is 1320 g/mol. The van der Waals surface area contributed by atoms with Gasteiger partial charge in [-0.25, -0.2) is 4.79 Å². The first kappa shape index (κ1) is 82.1. The van der Waals surface area contributed by atoms with E-state index in [1.807, 2.05) is 67.7 Å². The zero-order chi connectivity index (χ0) is 66.4. The number of anilines is 1. The quantitative estimate of drug-likeness (QED) is 0.0267. The fourth-order valence-electron chi connectivity index (χ4n) is 9.89. The molecule has 1 saturated heterocycles. The lowest BCUT2D eigenvalue weighted by molar-refractivity contribution is -0.228. The van der Waals surface area contributed by atoms with Gasteiger partial charge in [-0.1, -0.05) is 235 Å². The van der Waals surface area contributed by atoms with E-state index in [9.17, 15) is 33.4 Å². The van der Waals surface area contributed by atoms with Gasteiger partial charge in [0.2, 0.25) is 18.0 Å². The number of nitrogens with one attached hydrogen (secondary N) is 2. The van der Waals surface area contributed by atoms with Crippen molar-refractivity contribution in [2.75, 3.05) is 38.3 Å². The van der Waals surface area contributed by atoms with E-state index in [-0.39, 0.29) is 49.7 Å². The van der Waals surface area contributed by atoms with Crippen LogP contribution in [0.2, 0.25) is 36.3 Å². The molecule has 1 aromatic heterocycles. The molecule has 0 bridgehead atoms. The number of phosphoric ester groups is 1. The Hall–Kier alpha value is -2.96. The molecule has 89 heavy (non-hydrogen) atoms. The summed E-state index contributed by atoms with van der Waals surface area (Å²) < 4.78 is 86.2. The van der Waals surface area contributed by atoms with Gasteiger partial charge in [0.05, 0.1) is 19.8 Å². The molecule has 2 heterocycles.